The predicted octanol–water partition coefficient (Wildman–Crippen LogP) is 2.97. The van der Waals surface area contributed by atoms with Gasteiger partial charge >= 0.3 is 0 Å². The minimum atomic E-state index is 0.222. The maximum Gasteiger partial charge on any atom is 0.220 e. The van der Waals surface area contributed by atoms with Crippen LogP contribution in [-0.4, -0.2) is 24.2 Å². The smallest absolute Gasteiger partial charge is 0.220 e. The molecule has 0 aliphatic heterocycles. The average molecular weight is 281 g/mol. The highest BCUT2D eigenvalue weighted by Crippen LogP contribution is 2.49. The Morgan fingerprint density at radius 2 is 2.10 bits per heavy atom. The second kappa shape index (κ2) is 7.44. The molecule has 2 aliphatic rings. The van der Waals surface area contributed by atoms with E-state index in [9.17, 15) is 4.79 Å². The summed E-state index contributed by atoms with van der Waals surface area (Å²) in [4.78, 5) is 12.1. The average Bonchev–Trinajstić information content (AvgIpc) is 2.98. The normalized spacial score (nSPS) is 29.9. The standard InChI is InChI=1S/C17H31NO2/c1-12(2)7-14(5-6-19)11-18-17(20)10-16-9-13-3-4-15(16)8-13/h12-16,19H,3-11H2,1-2H3,(H,18,20). The van der Waals surface area contributed by atoms with Gasteiger partial charge in [-0.05, 0) is 61.7 Å². The summed E-state index contributed by atoms with van der Waals surface area (Å²) in [6.45, 7) is 5.35. The lowest BCUT2D eigenvalue weighted by Crippen LogP contribution is -2.32. The summed E-state index contributed by atoms with van der Waals surface area (Å²) in [5.41, 5.74) is 0. The number of fused-ring (bicyclic) bond motifs is 2. The van der Waals surface area contributed by atoms with Crippen LogP contribution < -0.4 is 5.32 Å². The van der Waals surface area contributed by atoms with Crippen molar-refractivity contribution in [2.24, 2.45) is 29.6 Å². The number of carbonyl (C=O) groups excluding carboxylic acids is 1. The van der Waals surface area contributed by atoms with Crippen LogP contribution in [0.15, 0.2) is 0 Å². The van der Waals surface area contributed by atoms with E-state index < -0.39 is 0 Å². The fraction of sp³-hybridized carbons (Fsp3) is 0.941. The summed E-state index contributed by atoms with van der Waals surface area (Å²) in [6.07, 6.45) is 8.01. The Hall–Kier alpha value is -0.570. The SMILES string of the molecule is CC(C)CC(CCO)CNC(=O)CC1CC2CCC1C2. The second-order valence-corrected chi connectivity index (χ2v) is 7.45. The van der Waals surface area contributed by atoms with E-state index in [-0.39, 0.29) is 12.5 Å². The number of hydrogen-bond acceptors (Lipinski definition) is 2. The van der Waals surface area contributed by atoms with Gasteiger partial charge in [0.15, 0.2) is 0 Å². The second-order valence-electron chi connectivity index (χ2n) is 7.45. The Morgan fingerprint density at radius 1 is 1.30 bits per heavy atom. The van der Waals surface area contributed by atoms with E-state index in [1.807, 2.05) is 0 Å². The van der Waals surface area contributed by atoms with Crippen LogP contribution in [0.3, 0.4) is 0 Å². The van der Waals surface area contributed by atoms with Crippen LogP contribution in [-0.2, 0) is 4.79 Å². The third-order valence-corrected chi connectivity index (χ3v) is 5.26. The van der Waals surface area contributed by atoms with Crippen LogP contribution >= 0.6 is 0 Å². The number of carbonyl (C=O) groups is 1. The first kappa shape index (κ1) is 15.8. The zero-order valence-electron chi connectivity index (χ0n) is 13.1. The molecule has 2 rings (SSSR count). The molecule has 20 heavy (non-hydrogen) atoms. The molecule has 2 saturated carbocycles. The quantitative estimate of drug-likeness (QED) is 0.718. The number of rotatable bonds is 8. The Labute approximate surface area is 123 Å². The molecule has 2 N–H and O–H groups in total. The molecule has 4 atom stereocenters. The molecule has 0 aromatic carbocycles. The van der Waals surface area contributed by atoms with Crippen LogP contribution in [0.4, 0.5) is 0 Å². The van der Waals surface area contributed by atoms with Gasteiger partial charge in [-0.15, -0.1) is 0 Å². The molecule has 3 heteroatoms. The number of aliphatic hydroxyl groups is 1. The van der Waals surface area contributed by atoms with Gasteiger partial charge in [-0.25, -0.2) is 0 Å². The van der Waals surface area contributed by atoms with E-state index in [4.69, 9.17) is 5.11 Å². The first-order valence-electron chi connectivity index (χ1n) is 8.46. The van der Waals surface area contributed by atoms with Gasteiger partial charge in [-0.2, -0.15) is 0 Å². The highest BCUT2D eigenvalue weighted by Gasteiger charge is 2.40. The third-order valence-electron chi connectivity index (χ3n) is 5.26. The number of aliphatic hydroxyl groups excluding tert-OH is 1. The van der Waals surface area contributed by atoms with Crippen LogP contribution in [0.1, 0.15) is 58.8 Å². The Kier molecular flexibility index (Phi) is 5.88. The van der Waals surface area contributed by atoms with Crippen molar-refractivity contribution in [3.63, 3.8) is 0 Å². The summed E-state index contributed by atoms with van der Waals surface area (Å²) in [6, 6.07) is 0. The first-order chi connectivity index (χ1) is 9.58. The number of amides is 1. The van der Waals surface area contributed by atoms with Crippen molar-refractivity contribution in [3.05, 3.63) is 0 Å². The van der Waals surface area contributed by atoms with Gasteiger partial charge in [-0.1, -0.05) is 20.3 Å². The topological polar surface area (TPSA) is 49.3 Å². The molecule has 2 aliphatic carbocycles. The number of hydrogen-bond donors (Lipinski definition) is 2. The lowest BCUT2D eigenvalue weighted by Gasteiger charge is -2.22. The van der Waals surface area contributed by atoms with E-state index in [1.165, 1.54) is 25.7 Å². The molecule has 0 aromatic heterocycles. The van der Waals surface area contributed by atoms with E-state index in [0.29, 0.717) is 17.8 Å². The predicted molar refractivity (Wildman–Crippen MR) is 81.2 cm³/mol. The van der Waals surface area contributed by atoms with Gasteiger partial charge in [0.05, 0.1) is 0 Å². The molecule has 0 spiro atoms. The summed E-state index contributed by atoms with van der Waals surface area (Å²) in [7, 11) is 0. The molecule has 4 unspecified atom stereocenters. The van der Waals surface area contributed by atoms with Gasteiger partial charge in [0, 0.05) is 19.6 Å². The molecule has 0 aromatic rings. The van der Waals surface area contributed by atoms with Gasteiger partial charge < -0.3 is 10.4 Å². The third kappa shape index (κ3) is 4.47. The maximum atomic E-state index is 12.1. The summed E-state index contributed by atoms with van der Waals surface area (Å²) >= 11 is 0. The van der Waals surface area contributed by atoms with Crippen LogP contribution in [0.2, 0.25) is 0 Å². The lowest BCUT2D eigenvalue weighted by molar-refractivity contribution is -0.122. The molecule has 116 valence electrons. The van der Waals surface area contributed by atoms with Crippen molar-refractivity contribution in [1.82, 2.24) is 5.32 Å². The molecule has 1 amide bonds. The molecular formula is C17H31NO2. The van der Waals surface area contributed by atoms with Crippen molar-refractivity contribution in [2.45, 2.75) is 58.8 Å². The fourth-order valence-corrected chi connectivity index (χ4v) is 4.35. The molecule has 0 saturated heterocycles. The zero-order valence-corrected chi connectivity index (χ0v) is 13.1. The molecule has 0 heterocycles. The Balaban J connectivity index is 1.68. The Bertz CT molecular complexity index is 316. The monoisotopic (exact) mass is 281 g/mol. The van der Waals surface area contributed by atoms with Crippen LogP contribution in [0, 0.1) is 29.6 Å². The Morgan fingerprint density at radius 3 is 2.65 bits per heavy atom. The van der Waals surface area contributed by atoms with Crippen molar-refractivity contribution in [1.29, 1.82) is 0 Å². The summed E-state index contributed by atoms with van der Waals surface area (Å²) in [5, 5.41) is 12.2. The highest BCUT2D eigenvalue weighted by atomic mass is 16.3. The number of nitrogens with one attached hydrogen (secondary N) is 1. The van der Waals surface area contributed by atoms with E-state index >= 15 is 0 Å². The van der Waals surface area contributed by atoms with Gasteiger partial charge in [0.25, 0.3) is 0 Å². The minimum absolute atomic E-state index is 0.222. The van der Waals surface area contributed by atoms with Crippen molar-refractivity contribution in [3.8, 4) is 0 Å². The van der Waals surface area contributed by atoms with E-state index in [0.717, 1.165) is 37.6 Å². The summed E-state index contributed by atoms with van der Waals surface area (Å²) < 4.78 is 0. The van der Waals surface area contributed by atoms with Crippen LogP contribution in [0.5, 0.6) is 0 Å². The van der Waals surface area contributed by atoms with Gasteiger partial charge in [0.1, 0.15) is 0 Å². The van der Waals surface area contributed by atoms with Gasteiger partial charge in [-0.3, -0.25) is 4.79 Å². The molecule has 2 bridgehead atoms. The van der Waals surface area contributed by atoms with E-state index in [2.05, 4.69) is 19.2 Å². The molecule has 2 fully saturated rings. The van der Waals surface area contributed by atoms with Crippen molar-refractivity contribution >= 4 is 5.91 Å². The zero-order chi connectivity index (χ0) is 14.5. The molecule has 3 nitrogen and oxygen atoms in total. The highest BCUT2D eigenvalue weighted by molar-refractivity contribution is 5.76. The minimum Gasteiger partial charge on any atom is -0.396 e. The lowest BCUT2D eigenvalue weighted by atomic mass is 9.86. The fourth-order valence-electron chi connectivity index (χ4n) is 4.35. The largest absolute Gasteiger partial charge is 0.396 e. The molecule has 0 radical (unpaired) electrons. The summed E-state index contributed by atoms with van der Waals surface area (Å²) in [5.74, 6) is 3.66. The maximum absolute atomic E-state index is 12.1. The van der Waals surface area contributed by atoms with Crippen molar-refractivity contribution < 1.29 is 9.90 Å². The van der Waals surface area contributed by atoms with Crippen molar-refractivity contribution in [2.75, 3.05) is 13.2 Å². The first-order valence-corrected chi connectivity index (χ1v) is 8.46. The van der Waals surface area contributed by atoms with Gasteiger partial charge in [0.2, 0.25) is 5.91 Å². The molecular weight excluding hydrogens is 250 g/mol. The van der Waals surface area contributed by atoms with Crippen LogP contribution in [0.25, 0.3) is 0 Å². The van der Waals surface area contributed by atoms with E-state index in [1.54, 1.807) is 0 Å².